The Morgan fingerprint density at radius 3 is 2.75 bits per heavy atom. The van der Waals surface area contributed by atoms with Crippen LogP contribution in [0.25, 0.3) is 0 Å². The van der Waals surface area contributed by atoms with Crippen LogP contribution in [0.4, 0.5) is 0 Å². The van der Waals surface area contributed by atoms with E-state index in [4.69, 9.17) is 9.47 Å². The zero-order chi connectivity index (χ0) is 17.2. The van der Waals surface area contributed by atoms with E-state index >= 15 is 0 Å². The standard InChI is InChI=1S/C20H32O3S/c1-3-4-5-7-10-16(2)23-20-19(21)13-18(14-22-20)24-15-17-11-8-6-9-12-17/h6,8-9,11-12,16,18-21H,3-5,7,10,13-15H2,1-2H3/t16-,18-,19-,20-/m1/s1. The Morgan fingerprint density at radius 1 is 1.25 bits per heavy atom. The highest BCUT2D eigenvalue weighted by Crippen LogP contribution is 2.28. The van der Waals surface area contributed by atoms with Crippen molar-refractivity contribution in [3.63, 3.8) is 0 Å². The second-order valence-corrected chi connectivity index (χ2v) is 8.01. The number of benzene rings is 1. The molecule has 0 bridgehead atoms. The Kier molecular flexibility index (Phi) is 9.18. The summed E-state index contributed by atoms with van der Waals surface area (Å²) >= 11 is 1.85. The lowest BCUT2D eigenvalue weighted by Crippen LogP contribution is -2.43. The number of aliphatic hydroxyl groups is 1. The van der Waals surface area contributed by atoms with E-state index in [9.17, 15) is 5.11 Å². The SMILES string of the molecule is CCCCCC[C@@H](C)O[C@H]1OC[C@H](SCc2ccccc2)C[C@H]1O. The van der Waals surface area contributed by atoms with Crippen molar-refractivity contribution in [3.8, 4) is 0 Å². The summed E-state index contributed by atoms with van der Waals surface area (Å²) in [5, 5.41) is 10.7. The molecule has 1 saturated heterocycles. The van der Waals surface area contributed by atoms with Gasteiger partial charge in [0.1, 0.15) is 6.10 Å². The third-order valence-electron chi connectivity index (χ3n) is 4.42. The molecule has 1 heterocycles. The Hall–Kier alpha value is -0.550. The van der Waals surface area contributed by atoms with E-state index in [2.05, 4.69) is 38.1 Å². The first-order valence-electron chi connectivity index (χ1n) is 9.29. The van der Waals surface area contributed by atoms with Gasteiger partial charge in [-0.1, -0.05) is 62.9 Å². The molecule has 0 amide bonds. The van der Waals surface area contributed by atoms with Crippen molar-refractivity contribution in [1.29, 1.82) is 0 Å². The van der Waals surface area contributed by atoms with Crippen molar-refractivity contribution in [1.82, 2.24) is 0 Å². The fourth-order valence-electron chi connectivity index (χ4n) is 2.95. The average Bonchev–Trinajstić information content (AvgIpc) is 2.60. The largest absolute Gasteiger partial charge is 0.388 e. The molecule has 1 fully saturated rings. The van der Waals surface area contributed by atoms with Crippen molar-refractivity contribution >= 4 is 11.8 Å². The van der Waals surface area contributed by atoms with Crippen LogP contribution in [0.5, 0.6) is 0 Å². The van der Waals surface area contributed by atoms with Crippen LogP contribution in [0.15, 0.2) is 30.3 Å². The minimum atomic E-state index is -0.523. The molecule has 3 nitrogen and oxygen atoms in total. The molecule has 0 radical (unpaired) electrons. The molecule has 2 rings (SSSR count). The zero-order valence-corrected chi connectivity index (χ0v) is 15.8. The van der Waals surface area contributed by atoms with Gasteiger partial charge in [0.05, 0.1) is 12.7 Å². The molecular weight excluding hydrogens is 320 g/mol. The van der Waals surface area contributed by atoms with Gasteiger partial charge in [0.25, 0.3) is 0 Å². The third kappa shape index (κ3) is 7.14. The van der Waals surface area contributed by atoms with Crippen LogP contribution in [0.3, 0.4) is 0 Å². The molecule has 4 heteroatoms. The molecular formula is C20H32O3S. The number of unbranched alkanes of at least 4 members (excludes halogenated alkanes) is 3. The lowest BCUT2D eigenvalue weighted by Gasteiger charge is -2.34. The lowest BCUT2D eigenvalue weighted by molar-refractivity contribution is -0.230. The normalized spacial score (nSPS) is 25.5. The summed E-state index contributed by atoms with van der Waals surface area (Å²) in [6, 6.07) is 10.4. The summed E-state index contributed by atoms with van der Waals surface area (Å²) in [6.45, 7) is 4.96. The Balaban J connectivity index is 1.65. The molecule has 0 aliphatic carbocycles. The van der Waals surface area contributed by atoms with E-state index in [1.54, 1.807) is 0 Å². The molecule has 1 aromatic carbocycles. The van der Waals surface area contributed by atoms with Crippen LogP contribution in [0, 0.1) is 0 Å². The zero-order valence-electron chi connectivity index (χ0n) is 15.0. The maximum Gasteiger partial charge on any atom is 0.183 e. The van der Waals surface area contributed by atoms with Crippen LogP contribution in [0.1, 0.15) is 57.9 Å². The van der Waals surface area contributed by atoms with E-state index in [-0.39, 0.29) is 6.10 Å². The first-order chi connectivity index (χ1) is 11.7. The molecule has 0 spiro atoms. The molecule has 1 aliphatic heterocycles. The monoisotopic (exact) mass is 352 g/mol. The van der Waals surface area contributed by atoms with Gasteiger partial charge in [-0.15, -0.1) is 0 Å². The molecule has 136 valence electrons. The van der Waals surface area contributed by atoms with Gasteiger partial charge in [-0.2, -0.15) is 11.8 Å². The van der Waals surface area contributed by atoms with Crippen LogP contribution >= 0.6 is 11.8 Å². The molecule has 0 aromatic heterocycles. The number of rotatable bonds is 10. The summed E-state index contributed by atoms with van der Waals surface area (Å²) in [4.78, 5) is 0. The van der Waals surface area contributed by atoms with Crippen molar-refractivity contribution in [2.24, 2.45) is 0 Å². The Bertz CT molecular complexity index is 440. The predicted octanol–water partition coefficient (Wildman–Crippen LogP) is 4.77. The topological polar surface area (TPSA) is 38.7 Å². The highest BCUT2D eigenvalue weighted by atomic mass is 32.2. The van der Waals surface area contributed by atoms with Gasteiger partial charge < -0.3 is 14.6 Å². The maximum atomic E-state index is 10.3. The Morgan fingerprint density at radius 2 is 2.04 bits per heavy atom. The number of ether oxygens (including phenoxy) is 2. The third-order valence-corrected chi connectivity index (χ3v) is 5.72. The number of hydrogen-bond acceptors (Lipinski definition) is 4. The lowest BCUT2D eigenvalue weighted by atomic mass is 10.1. The van der Waals surface area contributed by atoms with E-state index in [1.807, 2.05) is 17.8 Å². The number of thioether (sulfide) groups is 1. The van der Waals surface area contributed by atoms with Gasteiger partial charge >= 0.3 is 0 Å². The molecule has 0 unspecified atom stereocenters. The highest BCUT2D eigenvalue weighted by molar-refractivity contribution is 7.99. The first-order valence-corrected chi connectivity index (χ1v) is 10.3. The van der Waals surface area contributed by atoms with Gasteiger partial charge in [-0.05, 0) is 25.3 Å². The fourth-order valence-corrected chi connectivity index (χ4v) is 4.08. The van der Waals surface area contributed by atoms with E-state index in [1.165, 1.54) is 31.2 Å². The summed E-state index contributed by atoms with van der Waals surface area (Å²) < 4.78 is 11.7. The van der Waals surface area contributed by atoms with Crippen molar-refractivity contribution in [3.05, 3.63) is 35.9 Å². The molecule has 1 aliphatic rings. The molecule has 1 aromatic rings. The van der Waals surface area contributed by atoms with E-state index < -0.39 is 12.4 Å². The van der Waals surface area contributed by atoms with Crippen molar-refractivity contribution in [2.75, 3.05) is 6.61 Å². The molecule has 1 N–H and O–H groups in total. The summed E-state index contributed by atoms with van der Waals surface area (Å²) in [5.74, 6) is 0.959. The predicted molar refractivity (Wildman–Crippen MR) is 101 cm³/mol. The second-order valence-electron chi connectivity index (χ2n) is 6.72. The average molecular weight is 353 g/mol. The summed E-state index contributed by atoms with van der Waals surface area (Å²) in [7, 11) is 0. The van der Waals surface area contributed by atoms with Gasteiger partial charge in [0.15, 0.2) is 6.29 Å². The minimum absolute atomic E-state index is 0.148. The van der Waals surface area contributed by atoms with Gasteiger partial charge in [-0.25, -0.2) is 0 Å². The fraction of sp³-hybridized carbons (Fsp3) is 0.700. The molecule has 24 heavy (non-hydrogen) atoms. The number of hydrogen-bond donors (Lipinski definition) is 1. The number of aliphatic hydroxyl groups excluding tert-OH is 1. The summed E-state index contributed by atoms with van der Waals surface area (Å²) in [6.07, 6.45) is 5.94. The highest BCUT2D eigenvalue weighted by Gasteiger charge is 2.31. The molecule has 4 atom stereocenters. The smallest absolute Gasteiger partial charge is 0.183 e. The van der Waals surface area contributed by atoms with Crippen LogP contribution in [0.2, 0.25) is 0 Å². The van der Waals surface area contributed by atoms with Crippen LogP contribution in [-0.2, 0) is 15.2 Å². The van der Waals surface area contributed by atoms with Crippen LogP contribution < -0.4 is 0 Å². The van der Waals surface area contributed by atoms with E-state index in [0.29, 0.717) is 11.9 Å². The van der Waals surface area contributed by atoms with E-state index in [0.717, 1.165) is 18.6 Å². The maximum absolute atomic E-state index is 10.3. The Labute approximate surface area is 151 Å². The van der Waals surface area contributed by atoms with Gasteiger partial charge in [-0.3, -0.25) is 0 Å². The quantitative estimate of drug-likeness (QED) is 0.616. The van der Waals surface area contributed by atoms with Crippen molar-refractivity contribution < 1.29 is 14.6 Å². The van der Waals surface area contributed by atoms with Crippen molar-refractivity contribution in [2.45, 2.75) is 81.9 Å². The van der Waals surface area contributed by atoms with Crippen LogP contribution in [-0.4, -0.2) is 35.5 Å². The van der Waals surface area contributed by atoms with Gasteiger partial charge in [0.2, 0.25) is 0 Å². The summed E-state index contributed by atoms with van der Waals surface area (Å²) in [5.41, 5.74) is 1.32. The first kappa shape index (κ1) is 19.8. The molecule has 0 saturated carbocycles. The second kappa shape index (κ2) is 11.1. The minimum Gasteiger partial charge on any atom is -0.388 e. The van der Waals surface area contributed by atoms with Gasteiger partial charge in [0, 0.05) is 11.0 Å².